The first kappa shape index (κ1) is 14.4. The maximum absolute atomic E-state index is 9.10. The van der Waals surface area contributed by atoms with Crippen LogP contribution in [0.2, 0.25) is 0 Å². The summed E-state index contributed by atoms with van der Waals surface area (Å²) in [5, 5.41) is 12.4. The number of piperidine rings is 1. The first-order valence-corrected chi connectivity index (χ1v) is 6.61. The molecule has 0 aromatic carbocycles. The second kappa shape index (κ2) is 7.65. The van der Waals surface area contributed by atoms with Gasteiger partial charge in [-0.05, 0) is 32.7 Å². The molecule has 0 aliphatic carbocycles. The lowest BCUT2D eigenvalue weighted by atomic mass is 10.00. The van der Waals surface area contributed by atoms with Crippen molar-refractivity contribution >= 4 is 0 Å². The molecule has 1 fully saturated rings. The van der Waals surface area contributed by atoms with E-state index in [-0.39, 0.29) is 6.04 Å². The predicted molar refractivity (Wildman–Crippen MR) is 68.8 cm³/mol. The van der Waals surface area contributed by atoms with Gasteiger partial charge in [-0.2, -0.15) is 5.26 Å². The molecule has 0 radical (unpaired) electrons. The van der Waals surface area contributed by atoms with Crippen molar-refractivity contribution in [1.82, 2.24) is 10.2 Å². The molecule has 1 rings (SSSR count). The molecule has 1 aliphatic heterocycles. The Hall–Kier alpha value is -0.630. The third kappa shape index (κ3) is 4.63. The number of nitrogens with one attached hydrogen (secondary N) is 1. The fourth-order valence-electron chi connectivity index (χ4n) is 2.37. The average molecular weight is 239 g/mol. The molecule has 0 amide bonds. The number of nitrogens with zero attached hydrogens (tertiary/aromatic N) is 2. The van der Waals surface area contributed by atoms with Crippen LogP contribution in [0, 0.1) is 11.3 Å². The number of hydrogen-bond acceptors (Lipinski definition) is 4. The summed E-state index contributed by atoms with van der Waals surface area (Å²) in [4.78, 5) is 2.39. The van der Waals surface area contributed by atoms with Crippen LogP contribution in [0.4, 0.5) is 0 Å². The maximum atomic E-state index is 9.10. The van der Waals surface area contributed by atoms with Gasteiger partial charge in [0.25, 0.3) is 0 Å². The van der Waals surface area contributed by atoms with Gasteiger partial charge in [0.05, 0.1) is 12.2 Å². The first-order chi connectivity index (χ1) is 8.21. The number of hydrogen-bond donors (Lipinski definition) is 1. The van der Waals surface area contributed by atoms with Gasteiger partial charge in [0.2, 0.25) is 0 Å². The van der Waals surface area contributed by atoms with Crippen LogP contribution in [0.25, 0.3) is 0 Å². The highest BCUT2D eigenvalue weighted by atomic mass is 16.5. The fourth-order valence-corrected chi connectivity index (χ4v) is 2.37. The molecule has 0 saturated carbocycles. The quantitative estimate of drug-likeness (QED) is 0.760. The monoisotopic (exact) mass is 239 g/mol. The van der Waals surface area contributed by atoms with E-state index in [2.05, 4.69) is 30.1 Å². The zero-order chi connectivity index (χ0) is 12.7. The van der Waals surface area contributed by atoms with Crippen molar-refractivity contribution in [2.75, 3.05) is 26.7 Å². The van der Waals surface area contributed by atoms with Gasteiger partial charge in [0.15, 0.2) is 0 Å². The van der Waals surface area contributed by atoms with E-state index in [9.17, 15) is 0 Å². The number of methoxy groups -OCH3 is 1. The summed E-state index contributed by atoms with van der Waals surface area (Å²) in [6, 6.07) is 2.81. The summed E-state index contributed by atoms with van der Waals surface area (Å²) < 4.78 is 5.40. The van der Waals surface area contributed by atoms with Crippen LogP contribution in [-0.4, -0.2) is 49.8 Å². The minimum atomic E-state index is -0.0449. The van der Waals surface area contributed by atoms with Crippen LogP contribution in [0.15, 0.2) is 0 Å². The lowest BCUT2D eigenvalue weighted by Crippen LogP contribution is -2.49. The van der Waals surface area contributed by atoms with Crippen molar-refractivity contribution in [2.45, 2.75) is 51.3 Å². The lowest BCUT2D eigenvalue weighted by molar-refractivity contribution is 0.0146. The zero-order valence-corrected chi connectivity index (χ0v) is 11.3. The Labute approximate surface area is 105 Å². The van der Waals surface area contributed by atoms with Crippen molar-refractivity contribution in [3.63, 3.8) is 0 Å². The van der Waals surface area contributed by atoms with Crippen LogP contribution < -0.4 is 5.32 Å². The van der Waals surface area contributed by atoms with E-state index in [1.807, 2.05) is 0 Å². The summed E-state index contributed by atoms with van der Waals surface area (Å²) in [6.45, 7) is 7.12. The smallest absolute Gasteiger partial charge is 0.108 e. The standard InChI is InChI=1S/C13H25N3O/c1-4-6-15-12(9-14)10-16-7-5-13(17-3)8-11(16)2/h11-13,15H,4-8,10H2,1-3H3. The molecule has 4 heteroatoms. The van der Waals surface area contributed by atoms with Gasteiger partial charge in [0, 0.05) is 26.2 Å². The average Bonchev–Trinajstić information content (AvgIpc) is 2.36. The molecule has 1 heterocycles. The first-order valence-electron chi connectivity index (χ1n) is 6.61. The van der Waals surface area contributed by atoms with E-state index in [4.69, 9.17) is 10.00 Å². The minimum Gasteiger partial charge on any atom is -0.381 e. The van der Waals surface area contributed by atoms with Crippen LogP contribution in [0.3, 0.4) is 0 Å². The fraction of sp³-hybridized carbons (Fsp3) is 0.923. The van der Waals surface area contributed by atoms with Crippen LogP contribution >= 0.6 is 0 Å². The van der Waals surface area contributed by atoms with Crippen LogP contribution in [0.1, 0.15) is 33.1 Å². The Kier molecular flexibility index (Phi) is 6.49. The van der Waals surface area contributed by atoms with Gasteiger partial charge in [0.1, 0.15) is 6.04 Å². The molecular weight excluding hydrogens is 214 g/mol. The number of ether oxygens (including phenoxy) is 1. The number of nitriles is 1. The van der Waals surface area contributed by atoms with Crippen molar-refractivity contribution in [3.05, 3.63) is 0 Å². The minimum absolute atomic E-state index is 0.0449. The molecule has 0 aromatic rings. The summed E-state index contributed by atoms with van der Waals surface area (Å²) in [5.74, 6) is 0. The number of rotatable bonds is 6. The Bertz CT molecular complexity index is 252. The Morgan fingerprint density at radius 3 is 2.88 bits per heavy atom. The van der Waals surface area contributed by atoms with Gasteiger partial charge >= 0.3 is 0 Å². The molecule has 98 valence electrons. The zero-order valence-electron chi connectivity index (χ0n) is 11.3. The Morgan fingerprint density at radius 1 is 1.59 bits per heavy atom. The largest absolute Gasteiger partial charge is 0.381 e. The Morgan fingerprint density at radius 2 is 2.35 bits per heavy atom. The topological polar surface area (TPSA) is 48.3 Å². The normalized spacial score (nSPS) is 27.6. The molecular formula is C13H25N3O. The Balaban J connectivity index is 2.37. The predicted octanol–water partition coefficient (Wildman–Crippen LogP) is 1.38. The third-order valence-corrected chi connectivity index (χ3v) is 3.51. The van der Waals surface area contributed by atoms with Gasteiger partial charge < -0.3 is 10.1 Å². The van der Waals surface area contributed by atoms with Gasteiger partial charge in [-0.15, -0.1) is 0 Å². The molecule has 0 bridgehead atoms. The second-order valence-electron chi connectivity index (χ2n) is 4.86. The van der Waals surface area contributed by atoms with Crippen LogP contribution in [0.5, 0.6) is 0 Å². The van der Waals surface area contributed by atoms with E-state index in [1.54, 1.807) is 7.11 Å². The highest BCUT2D eigenvalue weighted by Crippen LogP contribution is 2.19. The summed E-state index contributed by atoms with van der Waals surface area (Å²) >= 11 is 0. The SMILES string of the molecule is CCCNC(C#N)CN1CCC(OC)CC1C. The number of likely N-dealkylation sites (tertiary alicyclic amines) is 1. The molecule has 17 heavy (non-hydrogen) atoms. The molecule has 4 nitrogen and oxygen atoms in total. The molecule has 1 aliphatic rings. The molecule has 3 unspecified atom stereocenters. The van der Waals surface area contributed by atoms with E-state index in [1.165, 1.54) is 0 Å². The summed E-state index contributed by atoms with van der Waals surface area (Å²) in [6.07, 6.45) is 3.61. The highest BCUT2D eigenvalue weighted by Gasteiger charge is 2.26. The van der Waals surface area contributed by atoms with E-state index < -0.39 is 0 Å². The van der Waals surface area contributed by atoms with Gasteiger partial charge in [-0.3, -0.25) is 4.90 Å². The van der Waals surface area contributed by atoms with E-state index >= 15 is 0 Å². The summed E-state index contributed by atoms with van der Waals surface area (Å²) in [7, 11) is 1.79. The molecule has 0 spiro atoms. The molecule has 3 atom stereocenters. The van der Waals surface area contributed by atoms with E-state index in [0.717, 1.165) is 38.9 Å². The van der Waals surface area contributed by atoms with Crippen molar-refractivity contribution in [1.29, 1.82) is 5.26 Å². The molecule has 1 saturated heterocycles. The highest BCUT2D eigenvalue weighted by molar-refractivity contribution is 4.94. The van der Waals surface area contributed by atoms with Crippen LogP contribution in [-0.2, 0) is 4.74 Å². The van der Waals surface area contributed by atoms with E-state index in [0.29, 0.717) is 12.1 Å². The van der Waals surface area contributed by atoms with Gasteiger partial charge in [-0.1, -0.05) is 6.92 Å². The van der Waals surface area contributed by atoms with Gasteiger partial charge in [-0.25, -0.2) is 0 Å². The summed E-state index contributed by atoms with van der Waals surface area (Å²) in [5.41, 5.74) is 0. The third-order valence-electron chi connectivity index (χ3n) is 3.51. The lowest BCUT2D eigenvalue weighted by Gasteiger charge is -2.38. The van der Waals surface area contributed by atoms with Crippen molar-refractivity contribution < 1.29 is 4.74 Å². The van der Waals surface area contributed by atoms with Crippen molar-refractivity contribution in [2.24, 2.45) is 0 Å². The second-order valence-corrected chi connectivity index (χ2v) is 4.86. The van der Waals surface area contributed by atoms with Crippen molar-refractivity contribution in [3.8, 4) is 6.07 Å². The maximum Gasteiger partial charge on any atom is 0.108 e. The molecule has 1 N–H and O–H groups in total. The molecule has 0 aromatic heterocycles.